The fourth-order valence-corrected chi connectivity index (χ4v) is 2.19. The topological polar surface area (TPSA) is 32.5 Å². The second-order valence-corrected chi connectivity index (χ2v) is 5.74. The predicted octanol–water partition coefficient (Wildman–Crippen LogP) is 1.14. The highest BCUT2D eigenvalue weighted by Crippen LogP contribution is 2.12. The Morgan fingerprint density at radius 3 is 2.60 bits per heavy atom. The number of hydrogen-bond acceptors (Lipinski definition) is 3. The maximum atomic E-state index is 6.03. The van der Waals surface area contributed by atoms with E-state index in [9.17, 15) is 0 Å². The number of hydrogen-bond donors (Lipinski definition) is 1. The average Bonchev–Trinajstić information content (AvgIpc) is 2.22. The lowest BCUT2D eigenvalue weighted by atomic mass is 10.0. The summed E-state index contributed by atoms with van der Waals surface area (Å²) in [6.45, 7) is 11.3. The van der Waals surface area contributed by atoms with Crippen LogP contribution in [-0.2, 0) is 0 Å². The first kappa shape index (κ1) is 12.9. The van der Waals surface area contributed by atoms with Gasteiger partial charge in [0.1, 0.15) is 0 Å². The summed E-state index contributed by atoms with van der Waals surface area (Å²) in [5.74, 6) is 0. The van der Waals surface area contributed by atoms with Gasteiger partial charge in [-0.05, 0) is 53.8 Å². The van der Waals surface area contributed by atoms with Gasteiger partial charge in [-0.15, -0.1) is 0 Å². The molecular formula is C12H27N3. The van der Waals surface area contributed by atoms with Gasteiger partial charge in [0, 0.05) is 24.7 Å². The van der Waals surface area contributed by atoms with E-state index in [0.29, 0.717) is 6.04 Å². The molecule has 0 aromatic carbocycles. The van der Waals surface area contributed by atoms with Gasteiger partial charge >= 0.3 is 0 Å². The molecule has 3 heteroatoms. The second kappa shape index (κ2) is 5.28. The Kier molecular flexibility index (Phi) is 4.56. The van der Waals surface area contributed by atoms with Crippen molar-refractivity contribution in [3.8, 4) is 0 Å². The van der Waals surface area contributed by atoms with Crippen molar-refractivity contribution in [1.29, 1.82) is 0 Å². The molecule has 0 amide bonds. The number of likely N-dealkylation sites (N-methyl/N-ethyl adjacent to an activating group) is 1. The minimum atomic E-state index is -0.0298. The van der Waals surface area contributed by atoms with Crippen LogP contribution in [0.5, 0.6) is 0 Å². The van der Waals surface area contributed by atoms with E-state index in [4.69, 9.17) is 5.73 Å². The molecule has 1 rings (SSSR count). The maximum absolute atomic E-state index is 6.03. The van der Waals surface area contributed by atoms with Crippen molar-refractivity contribution in [3.05, 3.63) is 0 Å². The van der Waals surface area contributed by atoms with Gasteiger partial charge in [0.25, 0.3) is 0 Å². The minimum absolute atomic E-state index is 0.0298. The molecule has 0 aromatic heterocycles. The van der Waals surface area contributed by atoms with E-state index < -0.39 is 0 Å². The minimum Gasteiger partial charge on any atom is -0.326 e. The number of nitrogens with zero attached hydrogens (tertiary/aromatic N) is 2. The molecule has 1 aliphatic rings. The van der Waals surface area contributed by atoms with Crippen LogP contribution in [0.3, 0.4) is 0 Å². The van der Waals surface area contributed by atoms with Gasteiger partial charge < -0.3 is 10.6 Å². The molecule has 1 fully saturated rings. The van der Waals surface area contributed by atoms with Crippen LogP contribution in [0.4, 0.5) is 0 Å². The molecule has 0 saturated carbocycles. The van der Waals surface area contributed by atoms with Crippen LogP contribution in [0, 0.1) is 0 Å². The SMILES string of the molecule is CC1CN(C)CCCN1CCC(C)(C)N. The van der Waals surface area contributed by atoms with Crippen LogP contribution < -0.4 is 5.73 Å². The van der Waals surface area contributed by atoms with E-state index in [2.05, 4.69) is 37.6 Å². The monoisotopic (exact) mass is 213 g/mol. The summed E-state index contributed by atoms with van der Waals surface area (Å²) in [4.78, 5) is 5.01. The van der Waals surface area contributed by atoms with E-state index in [1.54, 1.807) is 0 Å². The van der Waals surface area contributed by atoms with Crippen molar-refractivity contribution in [2.24, 2.45) is 5.73 Å². The molecule has 1 unspecified atom stereocenters. The summed E-state index contributed by atoms with van der Waals surface area (Å²) in [6.07, 6.45) is 2.37. The molecule has 0 aromatic rings. The molecule has 1 saturated heterocycles. The Labute approximate surface area is 94.6 Å². The van der Waals surface area contributed by atoms with Crippen LogP contribution in [0.1, 0.15) is 33.6 Å². The van der Waals surface area contributed by atoms with Crippen molar-refractivity contribution < 1.29 is 0 Å². The fourth-order valence-electron chi connectivity index (χ4n) is 2.19. The lowest BCUT2D eigenvalue weighted by molar-refractivity contribution is 0.188. The van der Waals surface area contributed by atoms with Crippen molar-refractivity contribution in [1.82, 2.24) is 9.80 Å². The highest BCUT2D eigenvalue weighted by Gasteiger charge is 2.21. The van der Waals surface area contributed by atoms with E-state index >= 15 is 0 Å². The van der Waals surface area contributed by atoms with Gasteiger partial charge in [-0.25, -0.2) is 0 Å². The van der Waals surface area contributed by atoms with Crippen LogP contribution in [0.25, 0.3) is 0 Å². The summed E-state index contributed by atoms with van der Waals surface area (Å²) < 4.78 is 0. The second-order valence-electron chi connectivity index (χ2n) is 5.74. The molecule has 0 bridgehead atoms. The molecule has 2 N–H and O–H groups in total. The summed E-state index contributed by atoms with van der Waals surface area (Å²) in [5, 5.41) is 0. The zero-order chi connectivity index (χ0) is 11.5. The van der Waals surface area contributed by atoms with E-state index in [1.165, 1.54) is 26.1 Å². The predicted molar refractivity (Wildman–Crippen MR) is 66.0 cm³/mol. The molecule has 0 aliphatic carbocycles. The van der Waals surface area contributed by atoms with Gasteiger partial charge in [0.05, 0.1) is 0 Å². The van der Waals surface area contributed by atoms with Gasteiger partial charge in [-0.1, -0.05) is 0 Å². The van der Waals surface area contributed by atoms with Crippen molar-refractivity contribution >= 4 is 0 Å². The Morgan fingerprint density at radius 1 is 1.33 bits per heavy atom. The average molecular weight is 213 g/mol. The fraction of sp³-hybridized carbons (Fsp3) is 1.00. The highest BCUT2D eigenvalue weighted by atomic mass is 15.2. The molecule has 0 radical (unpaired) electrons. The summed E-state index contributed by atoms with van der Waals surface area (Å²) >= 11 is 0. The van der Waals surface area contributed by atoms with Gasteiger partial charge in [-0.2, -0.15) is 0 Å². The summed E-state index contributed by atoms with van der Waals surface area (Å²) in [7, 11) is 2.22. The molecule has 1 aliphatic heterocycles. The van der Waals surface area contributed by atoms with Crippen LogP contribution in [-0.4, -0.2) is 54.6 Å². The number of nitrogens with two attached hydrogens (primary N) is 1. The first-order valence-corrected chi connectivity index (χ1v) is 6.10. The molecule has 1 heterocycles. The van der Waals surface area contributed by atoms with E-state index in [-0.39, 0.29) is 5.54 Å². The molecule has 90 valence electrons. The van der Waals surface area contributed by atoms with E-state index in [1.807, 2.05) is 0 Å². The molecule has 15 heavy (non-hydrogen) atoms. The van der Waals surface area contributed by atoms with Crippen LogP contribution in [0.2, 0.25) is 0 Å². The highest BCUT2D eigenvalue weighted by molar-refractivity contribution is 4.79. The zero-order valence-electron chi connectivity index (χ0n) is 10.8. The molecule has 1 atom stereocenters. The van der Waals surface area contributed by atoms with Gasteiger partial charge in [0.2, 0.25) is 0 Å². The van der Waals surface area contributed by atoms with Crippen molar-refractivity contribution in [2.75, 3.05) is 33.2 Å². The lowest BCUT2D eigenvalue weighted by Gasteiger charge is -2.30. The van der Waals surface area contributed by atoms with Gasteiger partial charge in [0.15, 0.2) is 0 Å². The van der Waals surface area contributed by atoms with Crippen molar-refractivity contribution in [2.45, 2.75) is 45.2 Å². The normalized spacial score (nSPS) is 26.6. The Morgan fingerprint density at radius 2 is 2.00 bits per heavy atom. The molecular weight excluding hydrogens is 186 g/mol. The third-order valence-corrected chi connectivity index (χ3v) is 3.23. The van der Waals surface area contributed by atoms with Crippen LogP contribution >= 0.6 is 0 Å². The quantitative estimate of drug-likeness (QED) is 0.763. The first-order valence-electron chi connectivity index (χ1n) is 6.10. The van der Waals surface area contributed by atoms with Gasteiger partial charge in [-0.3, -0.25) is 4.90 Å². The third-order valence-electron chi connectivity index (χ3n) is 3.23. The lowest BCUT2D eigenvalue weighted by Crippen LogP contribution is -2.42. The smallest absolute Gasteiger partial charge is 0.0194 e. The van der Waals surface area contributed by atoms with Crippen molar-refractivity contribution in [3.63, 3.8) is 0 Å². The van der Waals surface area contributed by atoms with E-state index in [0.717, 1.165) is 13.0 Å². The maximum Gasteiger partial charge on any atom is 0.0194 e. The largest absolute Gasteiger partial charge is 0.326 e. The molecule has 0 spiro atoms. The summed E-state index contributed by atoms with van der Waals surface area (Å²) in [5.41, 5.74) is 6.00. The first-order chi connectivity index (χ1) is 6.88. The summed E-state index contributed by atoms with van der Waals surface area (Å²) in [6, 6.07) is 0.667. The Bertz CT molecular complexity index is 186. The zero-order valence-corrected chi connectivity index (χ0v) is 10.8. The number of rotatable bonds is 3. The third kappa shape index (κ3) is 4.96. The Hall–Kier alpha value is -0.120. The standard InChI is InChI=1S/C12H27N3/c1-11-10-14(4)7-5-8-15(11)9-6-12(2,3)13/h11H,5-10,13H2,1-4H3. The van der Waals surface area contributed by atoms with Crippen LogP contribution in [0.15, 0.2) is 0 Å². The molecule has 3 nitrogen and oxygen atoms in total. The Balaban J connectivity index is 2.39.